The standard InChI is InChI=1S/C15H25ClN4O2/c1-15(2,3)22-14(21)18-8-11-6-5-7-20(11)10-13-17-9-12(16)19(13)4/h9,11H,5-8,10H2,1-4H3,(H,18,21)/t11-/m0/s1. The van der Waals surface area contributed by atoms with Crippen LogP contribution in [0, 0.1) is 0 Å². The maximum atomic E-state index is 11.8. The summed E-state index contributed by atoms with van der Waals surface area (Å²) in [6.45, 7) is 7.92. The maximum absolute atomic E-state index is 11.8. The first kappa shape index (κ1) is 17.1. The fraction of sp³-hybridized carbons (Fsp3) is 0.733. The van der Waals surface area contributed by atoms with Crippen LogP contribution in [0.1, 0.15) is 39.4 Å². The van der Waals surface area contributed by atoms with Crippen LogP contribution in [0.4, 0.5) is 4.79 Å². The summed E-state index contributed by atoms with van der Waals surface area (Å²) in [6, 6.07) is 0.308. The van der Waals surface area contributed by atoms with Crippen molar-refractivity contribution in [2.24, 2.45) is 7.05 Å². The first-order valence-electron chi connectivity index (χ1n) is 7.63. The molecule has 0 spiro atoms. The molecule has 1 aromatic rings. The van der Waals surface area contributed by atoms with E-state index in [1.54, 1.807) is 6.20 Å². The largest absolute Gasteiger partial charge is 0.444 e. The zero-order chi connectivity index (χ0) is 16.3. The van der Waals surface area contributed by atoms with Gasteiger partial charge in [-0.2, -0.15) is 0 Å². The van der Waals surface area contributed by atoms with Crippen LogP contribution in [-0.4, -0.2) is 45.3 Å². The van der Waals surface area contributed by atoms with Crippen LogP contribution in [0.15, 0.2) is 6.20 Å². The van der Waals surface area contributed by atoms with Crippen LogP contribution < -0.4 is 5.32 Å². The highest BCUT2D eigenvalue weighted by Gasteiger charge is 2.27. The number of alkyl carbamates (subject to hydrolysis) is 1. The third kappa shape index (κ3) is 4.61. The molecule has 1 aliphatic rings. The van der Waals surface area contributed by atoms with Crippen LogP contribution in [0.25, 0.3) is 0 Å². The Morgan fingerprint density at radius 3 is 2.86 bits per heavy atom. The molecule has 1 amide bonds. The SMILES string of the molecule is Cn1c(Cl)cnc1CN1CCC[C@H]1CNC(=O)OC(C)(C)C. The van der Waals surface area contributed by atoms with Crippen molar-refractivity contribution >= 4 is 17.7 Å². The van der Waals surface area contributed by atoms with Crippen molar-refractivity contribution in [1.29, 1.82) is 0 Å². The van der Waals surface area contributed by atoms with Gasteiger partial charge < -0.3 is 14.6 Å². The number of likely N-dealkylation sites (tertiary alicyclic amines) is 1. The molecule has 2 heterocycles. The Morgan fingerprint density at radius 2 is 2.27 bits per heavy atom. The van der Waals surface area contributed by atoms with Gasteiger partial charge >= 0.3 is 6.09 Å². The van der Waals surface area contributed by atoms with Gasteiger partial charge in [-0.3, -0.25) is 4.90 Å². The zero-order valence-electron chi connectivity index (χ0n) is 13.7. The number of amides is 1. The highest BCUT2D eigenvalue weighted by Crippen LogP contribution is 2.20. The van der Waals surface area contributed by atoms with Crippen LogP contribution in [0.3, 0.4) is 0 Å². The molecule has 2 rings (SSSR count). The summed E-state index contributed by atoms with van der Waals surface area (Å²) < 4.78 is 7.16. The summed E-state index contributed by atoms with van der Waals surface area (Å²) in [6.07, 6.45) is 3.49. The number of aromatic nitrogens is 2. The number of halogens is 1. The Kier molecular flexibility index (Phi) is 5.34. The molecule has 0 bridgehead atoms. The second kappa shape index (κ2) is 6.87. The van der Waals surface area contributed by atoms with E-state index in [4.69, 9.17) is 16.3 Å². The summed E-state index contributed by atoms with van der Waals surface area (Å²) in [5.74, 6) is 0.939. The first-order chi connectivity index (χ1) is 10.3. The molecule has 0 radical (unpaired) electrons. The number of carbonyl (C=O) groups is 1. The molecular formula is C15H25ClN4O2. The summed E-state index contributed by atoms with van der Waals surface area (Å²) in [7, 11) is 1.91. The van der Waals surface area contributed by atoms with Gasteiger partial charge in [-0.1, -0.05) is 11.6 Å². The van der Waals surface area contributed by atoms with E-state index in [-0.39, 0.29) is 6.09 Å². The van der Waals surface area contributed by atoms with Crippen LogP contribution in [0.2, 0.25) is 5.15 Å². The predicted molar refractivity (Wildman–Crippen MR) is 85.9 cm³/mol. The molecule has 22 heavy (non-hydrogen) atoms. The van der Waals surface area contributed by atoms with Gasteiger partial charge in [0, 0.05) is 19.6 Å². The van der Waals surface area contributed by atoms with Crippen molar-refractivity contribution < 1.29 is 9.53 Å². The molecule has 0 aromatic carbocycles. The average molecular weight is 329 g/mol. The fourth-order valence-electron chi connectivity index (χ4n) is 2.60. The Balaban J connectivity index is 1.86. The second-order valence-corrected chi connectivity index (χ2v) is 7.09. The first-order valence-corrected chi connectivity index (χ1v) is 8.01. The Bertz CT molecular complexity index is 524. The zero-order valence-corrected chi connectivity index (χ0v) is 14.5. The van der Waals surface area contributed by atoms with E-state index in [9.17, 15) is 4.79 Å². The minimum atomic E-state index is -0.469. The maximum Gasteiger partial charge on any atom is 0.407 e. The number of imidazole rings is 1. The van der Waals surface area contributed by atoms with E-state index in [2.05, 4.69) is 15.2 Å². The Hall–Kier alpha value is -1.27. The van der Waals surface area contributed by atoms with Gasteiger partial charge in [-0.15, -0.1) is 0 Å². The van der Waals surface area contributed by atoms with Gasteiger partial charge in [-0.25, -0.2) is 9.78 Å². The third-order valence-corrected chi connectivity index (χ3v) is 4.10. The molecule has 1 atom stereocenters. The molecule has 6 nitrogen and oxygen atoms in total. The number of rotatable bonds is 4. The number of hydrogen-bond donors (Lipinski definition) is 1. The minimum absolute atomic E-state index is 0.308. The molecule has 1 aliphatic heterocycles. The molecule has 124 valence electrons. The van der Waals surface area contributed by atoms with Gasteiger partial charge in [0.1, 0.15) is 16.6 Å². The quantitative estimate of drug-likeness (QED) is 0.922. The third-order valence-electron chi connectivity index (χ3n) is 3.75. The van der Waals surface area contributed by atoms with Gasteiger partial charge in [0.05, 0.1) is 12.7 Å². The number of nitrogens with one attached hydrogen (secondary N) is 1. The van der Waals surface area contributed by atoms with Crippen molar-refractivity contribution in [1.82, 2.24) is 19.8 Å². The molecular weight excluding hydrogens is 304 g/mol. The smallest absolute Gasteiger partial charge is 0.407 e. The summed E-state index contributed by atoms with van der Waals surface area (Å²) in [5.41, 5.74) is -0.469. The van der Waals surface area contributed by atoms with Gasteiger partial charge in [-0.05, 0) is 40.2 Å². The monoisotopic (exact) mass is 328 g/mol. The summed E-state index contributed by atoms with van der Waals surface area (Å²) in [4.78, 5) is 18.4. The lowest BCUT2D eigenvalue weighted by molar-refractivity contribution is 0.0512. The summed E-state index contributed by atoms with van der Waals surface area (Å²) in [5, 5.41) is 3.50. The summed E-state index contributed by atoms with van der Waals surface area (Å²) >= 11 is 6.02. The molecule has 1 fully saturated rings. The van der Waals surface area contributed by atoms with E-state index in [0.29, 0.717) is 17.7 Å². The molecule has 1 N–H and O–H groups in total. The van der Waals surface area contributed by atoms with Crippen LogP contribution in [0.5, 0.6) is 0 Å². The second-order valence-electron chi connectivity index (χ2n) is 6.71. The van der Waals surface area contributed by atoms with E-state index in [0.717, 1.165) is 31.8 Å². The van der Waals surface area contributed by atoms with Crippen molar-refractivity contribution in [2.45, 2.75) is 51.8 Å². The predicted octanol–water partition coefficient (Wildman–Crippen LogP) is 2.56. The van der Waals surface area contributed by atoms with Crippen molar-refractivity contribution in [3.05, 3.63) is 17.2 Å². The van der Waals surface area contributed by atoms with Gasteiger partial charge in [0.15, 0.2) is 0 Å². The van der Waals surface area contributed by atoms with Gasteiger partial charge in [0.25, 0.3) is 0 Å². The minimum Gasteiger partial charge on any atom is -0.444 e. The fourth-order valence-corrected chi connectivity index (χ4v) is 2.75. The normalized spacial score (nSPS) is 19.4. The molecule has 1 saturated heterocycles. The van der Waals surface area contributed by atoms with E-state index < -0.39 is 5.60 Å². The van der Waals surface area contributed by atoms with Crippen molar-refractivity contribution in [3.8, 4) is 0 Å². The number of nitrogens with zero attached hydrogens (tertiary/aromatic N) is 3. The molecule has 1 aromatic heterocycles. The topological polar surface area (TPSA) is 59.4 Å². The molecule has 7 heteroatoms. The number of hydrogen-bond acceptors (Lipinski definition) is 4. The lowest BCUT2D eigenvalue weighted by Crippen LogP contribution is -2.42. The van der Waals surface area contributed by atoms with Crippen LogP contribution >= 0.6 is 11.6 Å². The lowest BCUT2D eigenvalue weighted by Gasteiger charge is -2.25. The molecule has 0 saturated carbocycles. The molecule has 0 aliphatic carbocycles. The van der Waals surface area contributed by atoms with Gasteiger partial charge in [0.2, 0.25) is 0 Å². The Morgan fingerprint density at radius 1 is 1.55 bits per heavy atom. The number of ether oxygens (including phenoxy) is 1. The highest BCUT2D eigenvalue weighted by molar-refractivity contribution is 6.29. The lowest BCUT2D eigenvalue weighted by atomic mass is 10.2. The molecule has 0 unspecified atom stereocenters. The Labute approximate surface area is 136 Å². The number of carbonyl (C=O) groups excluding carboxylic acids is 1. The highest BCUT2D eigenvalue weighted by atomic mass is 35.5. The average Bonchev–Trinajstić information content (AvgIpc) is 2.96. The van der Waals surface area contributed by atoms with Crippen molar-refractivity contribution in [2.75, 3.05) is 13.1 Å². The van der Waals surface area contributed by atoms with E-state index in [1.165, 1.54) is 0 Å². The van der Waals surface area contributed by atoms with Crippen LogP contribution in [-0.2, 0) is 18.3 Å². The van der Waals surface area contributed by atoms with E-state index >= 15 is 0 Å². The van der Waals surface area contributed by atoms with E-state index in [1.807, 2.05) is 32.4 Å². The van der Waals surface area contributed by atoms with Crippen molar-refractivity contribution in [3.63, 3.8) is 0 Å².